The third-order valence-electron chi connectivity index (χ3n) is 4.61. The lowest BCUT2D eigenvalue weighted by atomic mass is 10.1. The number of benzene rings is 2. The van der Waals surface area contributed by atoms with E-state index in [-0.39, 0.29) is 17.9 Å². The molecular weight excluding hydrogens is 386 g/mol. The SMILES string of the molecule is COc1ccc(-c2nc(NC(=O)Cn3ccc(=O)c4ccccc43)sc2C)cc1. The summed E-state index contributed by atoms with van der Waals surface area (Å²) in [6.45, 7) is 2.07. The van der Waals surface area contributed by atoms with Gasteiger partial charge in [-0.1, -0.05) is 12.1 Å². The highest BCUT2D eigenvalue weighted by molar-refractivity contribution is 7.16. The number of hydrogen-bond acceptors (Lipinski definition) is 5. The van der Waals surface area contributed by atoms with Gasteiger partial charge in [0.2, 0.25) is 5.91 Å². The Kier molecular flexibility index (Phi) is 5.14. The summed E-state index contributed by atoms with van der Waals surface area (Å²) in [5, 5.41) is 4.01. The molecule has 0 saturated carbocycles. The van der Waals surface area contributed by atoms with E-state index in [1.54, 1.807) is 23.9 Å². The summed E-state index contributed by atoms with van der Waals surface area (Å²) in [4.78, 5) is 30.2. The summed E-state index contributed by atoms with van der Waals surface area (Å²) >= 11 is 1.43. The Hall–Kier alpha value is -3.45. The topological polar surface area (TPSA) is 73.2 Å². The van der Waals surface area contributed by atoms with E-state index < -0.39 is 0 Å². The summed E-state index contributed by atoms with van der Waals surface area (Å²) in [7, 11) is 1.63. The number of carbonyl (C=O) groups is 1. The van der Waals surface area contributed by atoms with E-state index in [9.17, 15) is 9.59 Å². The van der Waals surface area contributed by atoms with Crippen molar-refractivity contribution in [2.45, 2.75) is 13.5 Å². The number of para-hydroxylation sites is 1. The summed E-state index contributed by atoms with van der Waals surface area (Å²) in [5.74, 6) is 0.581. The number of carbonyl (C=O) groups excluding carboxylic acids is 1. The molecule has 0 aliphatic rings. The third-order valence-corrected chi connectivity index (χ3v) is 5.49. The van der Waals surface area contributed by atoms with E-state index >= 15 is 0 Å². The van der Waals surface area contributed by atoms with Crippen molar-refractivity contribution in [3.63, 3.8) is 0 Å². The molecule has 2 aromatic carbocycles. The fourth-order valence-electron chi connectivity index (χ4n) is 3.18. The van der Waals surface area contributed by atoms with Crippen molar-refractivity contribution in [2.24, 2.45) is 0 Å². The molecule has 7 heteroatoms. The van der Waals surface area contributed by atoms with Crippen LogP contribution in [0.5, 0.6) is 5.75 Å². The number of methoxy groups -OCH3 is 1. The summed E-state index contributed by atoms with van der Waals surface area (Å²) in [6.07, 6.45) is 1.64. The van der Waals surface area contributed by atoms with Gasteiger partial charge in [-0.25, -0.2) is 4.98 Å². The number of aryl methyl sites for hydroxylation is 1. The normalized spacial score (nSPS) is 10.8. The Bertz CT molecular complexity index is 1240. The van der Waals surface area contributed by atoms with E-state index in [1.165, 1.54) is 17.4 Å². The molecule has 29 heavy (non-hydrogen) atoms. The minimum absolute atomic E-state index is 0.0584. The largest absolute Gasteiger partial charge is 0.497 e. The van der Waals surface area contributed by atoms with Crippen LogP contribution in [0.25, 0.3) is 22.2 Å². The molecule has 0 bridgehead atoms. The molecule has 4 aromatic rings. The minimum atomic E-state index is -0.200. The van der Waals surface area contributed by atoms with E-state index in [0.717, 1.165) is 27.4 Å². The summed E-state index contributed by atoms with van der Waals surface area (Å²) < 4.78 is 6.95. The van der Waals surface area contributed by atoms with Gasteiger partial charge in [-0.05, 0) is 43.3 Å². The van der Waals surface area contributed by atoms with Crippen LogP contribution < -0.4 is 15.5 Å². The smallest absolute Gasteiger partial charge is 0.246 e. The number of rotatable bonds is 5. The lowest BCUT2D eigenvalue weighted by Gasteiger charge is -2.09. The van der Waals surface area contributed by atoms with Crippen LogP contribution in [-0.4, -0.2) is 22.6 Å². The first-order valence-electron chi connectivity index (χ1n) is 9.05. The molecule has 1 amide bonds. The van der Waals surface area contributed by atoms with Gasteiger partial charge in [-0.3, -0.25) is 9.59 Å². The molecule has 6 nitrogen and oxygen atoms in total. The van der Waals surface area contributed by atoms with E-state index in [0.29, 0.717) is 10.5 Å². The second-order valence-electron chi connectivity index (χ2n) is 6.53. The highest BCUT2D eigenvalue weighted by Crippen LogP contribution is 2.31. The molecule has 0 aliphatic heterocycles. The van der Waals surface area contributed by atoms with Crippen molar-refractivity contribution in [3.05, 3.63) is 75.9 Å². The van der Waals surface area contributed by atoms with Gasteiger partial charge in [0.1, 0.15) is 12.3 Å². The first-order chi connectivity index (χ1) is 14.0. The number of hydrogen-bond donors (Lipinski definition) is 1. The maximum absolute atomic E-state index is 12.6. The Morgan fingerprint density at radius 1 is 1.14 bits per heavy atom. The molecule has 1 N–H and O–H groups in total. The Balaban J connectivity index is 1.54. The number of fused-ring (bicyclic) bond motifs is 1. The average Bonchev–Trinajstić information content (AvgIpc) is 3.10. The number of thiazole rings is 1. The van der Waals surface area contributed by atoms with Gasteiger partial charge in [-0.15, -0.1) is 11.3 Å². The van der Waals surface area contributed by atoms with Crippen LogP contribution in [0.1, 0.15) is 4.88 Å². The monoisotopic (exact) mass is 405 g/mol. The highest BCUT2D eigenvalue weighted by Gasteiger charge is 2.13. The van der Waals surface area contributed by atoms with Gasteiger partial charge in [0.15, 0.2) is 10.6 Å². The van der Waals surface area contributed by atoms with E-state index in [1.807, 2.05) is 49.4 Å². The Labute approximate surface area is 171 Å². The van der Waals surface area contributed by atoms with Gasteiger partial charge >= 0.3 is 0 Å². The molecule has 4 rings (SSSR count). The first kappa shape index (κ1) is 18.9. The first-order valence-corrected chi connectivity index (χ1v) is 9.86. The lowest BCUT2D eigenvalue weighted by molar-refractivity contribution is -0.116. The molecule has 0 aliphatic carbocycles. The van der Waals surface area contributed by atoms with Crippen molar-refractivity contribution < 1.29 is 9.53 Å². The minimum Gasteiger partial charge on any atom is -0.497 e. The highest BCUT2D eigenvalue weighted by atomic mass is 32.1. The van der Waals surface area contributed by atoms with Crippen LogP contribution >= 0.6 is 11.3 Å². The van der Waals surface area contributed by atoms with Gasteiger partial charge in [0.05, 0.1) is 18.3 Å². The molecular formula is C22H19N3O3S. The lowest BCUT2D eigenvalue weighted by Crippen LogP contribution is -2.20. The number of aromatic nitrogens is 2. The van der Waals surface area contributed by atoms with Crippen LogP contribution in [-0.2, 0) is 11.3 Å². The number of anilines is 1. The number of nitrogens with one attached hydrogen (secondary N) is 1. The number of pyridine rings is 1. The van der Waals surface area contributed by atoms with Gasteiger partial charge < -0.3 is 14.6 Å². The number of amides is 1. The quantitative estimate of drug-likeness (QED) is 0.543. The van der Waals surface area contributed by atoms with Crippen LogP contribution in [0.4, 0.5) is 5.13 Å². The zero-order valence-electron chi connectivity index (χ0n) is 16.0. The van der Waals surface area contributed by atoms with Gasteiger partial charge in [-0.2, -0.15) is 0 Å². The van der Waals surface area contributed by atoms with Crippen LogP contribution in [0, 0.1) is 6.92 Å². The number of nitrogens with zero attached hydrogens (tertiary/aromatic N) is 2. The van der Waals surface area contributed by atoms with Crippen molar-refractivity contribution in [1.82, 2.24) is 9.55 Å². The van der Waals surface area contributed by atoms with Crippen molar-refractivity contribution in [2.75, 3.05) is 12.4 Å². The maximum Gasteiger partial charge on any atom is 0.246 e. The average molecular weight is 405 g/mol. The molecule has 2 aromatic heterocycles. The van der Waals surface area contributed by atoms with Crippen molar-refractivity contribution >= 4 is 33.3 Å². The van der Waals surface area contributed by atoms with Crippen molar-refractivity contribution in [3.8, 4) is 17.0 Å². The molecule has 0 fully saturated rings. The van der Waals surface area contributed by atoms with Gasteiger partial charge in [0, 0.05) is 28.1 Å². The molecule has 2 heterocycles. The third kappa shape index (κ3) is 3.90. The molecule has 0 saturated heterocycles. The fraction of sp³-hybridized carbons (Fsp3) is 0.136. The Morgan fingerprint density at radius 2 is 1.90 bits per heavy atom. The zero-order valence-corrected chi connectivity index (χ0v) is 16.8. The van der Waals surface area contributed by atoms with Crippen molar-refractivity contribution in [1.29, 1.82) is 0 Å². The summed E-state index contributed by atoms with van der Waals surface area (Å²) in [5.41, 5.74) is 2.47. The molecule has 146 valence electrons. The fourth-order valence-corrected chi connectivity index (χ4v) is 4.03. The molecule has 0 atom stereocenters. The zero-order chi connectivity index (χ0) is 20.4. The van der Waals surface area contributed by atoms with Crippen LogP contribution in [0.2, 0.25) is 0 Å². The Morgan fingerprint density at radius 3 is 2.66 bits per heavy atom. The van der Waals surface area contributed by atoms with Crippen LogP contribution in [0.15, 0.2) is 65.6 Å². The molecule has 0 spiro atoms. The number of ether oxygens (including phenoxy) is 1. The molecule has 0 radical (unpaired) electrons. The van der Waals surface area contributed by atoms with E-state index in [2.05, 4.69) is 10.3 Å². The predicted octanol–water partition coefficient (Wildman–Crippen LogP) is 4.08. The summed E-state index contributed by atoms with van der Waals surface area (Å²) in [6, 6.07) is 16.4. The van der Waals surface area contributed by atoms with Crippen LogP contribution in [0.3, 0.4) is 0 Å². The second-order valence-corrected chi connectivity index (χ2v) is 7.73. The standard InChI is InChI=1S/C22H19N3O3S/c1-14-21(15-7-9-16(28-2)10-8-15)24-22(29-14)23-20(27)13-25-12-11-19(26)17-5-3-4-6-18(17)25/h3-12H,13H2,1-2H3,(H,23,24,27). The van der Waals surface area contributed by atoms with E-state index in [4.69, 9.17) is 4.74 Å². The van der Waals surface area contributed by atoms with Gasteiger partial charge in [0.25, 0.3) is 0 Å². The maximum atomic E-state index is 12.6. The molecule has 0 unspecified atom stereocenters. The second kappa shape index (κ2) is 7.89. The predicted molar refractivity (Wildman–Crippen MR) is 116 cm³/mol.